The van der Waals surface area contributed by atoms with E-state index in [4.69, 9.17) is 27.8 Å². The second kappa shape index (κ2) is 7.25. The SMILES string of the molecule is Cc1cc(OCCCCCO)ccc1C(N)=S. The highest BCUT2D eigenvalue weighted by atomic mass is 32.1. The molecule has 0 aromatic heterocycles. The molecular formula is C13H19NO2S. The summed E-state index contributed by atoms with van der Waals surface area (Å²) in [6.45, 7) is 2.89. The van der Waals surface area contributed by atoms with Gasteiger partial charge in [0, 0.05) is 12.2 Å². The predicted octanol–water partition coefficient (Wildman–Crippen LogP) is 2.17. The summed E-state index contributed by atoms with van der Waals surface area (Å²) in [6, 6.07) is 5.72. The standard InChI is InChI=1S/C13H19NO2S/c1-10-9-11(5-6-12(10)13(14)17)16-8-4-2-3-7-15/h5-6,9,15H,2-4,7-8H2,1H3,(H2,14,17). The Bertz CT molecular complexity index is 380. The predicted molar refractivity (Wildman–Crippen MR) is 73.5 cm³/mol. The van der Waals surface area contributed by atoms with E-state index >= 15 is 0 Å². The zero-order valence-electron chi connectivity index (χ0n) is 10.1. The molecule has 1 rings (SSSR count). The second-order valence-electron chi connectivity index (χ2n) is 3.97. The number of hydrogen-bond acceptors (Lipinski definition) is 3. The number of aryl methyl sites for hydroxylation is 1. The number of ether oxygens (including phenoxy) is 1. The van der Waals surface area contributed by atoms with E-state index in [9.17, 15) is 0 Å². The van der Waals surface area contributed by atoms with E-state index in [0.29, 0.717) is 11.6 Å². The summed E-state index contributed by atoms with van der Waals surface area (Å²) in [7, 11) is 0. The van der Waals surface area contributed by atoms with Crippen LogP contribution in [0.3, 0.4) is 0 Å². The number of aliphatic hydroxyl groups excluding tert-OH is 1. The lowest BCUT2D eigenvalue weighted by molar-refractivity contribution is 0.266. The lowest BCUT2D eigenvalue weighted by Crippen LogP contribution is -2.11. The molecule has 0 radical (unpaired) electrons. The number of nitrogens with two attached hydrogens (primary N) is 1. The van der Waals surface area contributed by atoms with Crippen LogP contribution in [0, 0.1) is 6.92 Å². The molecule has 0 unspecified atom stereocenters. The Kier molecular flexibility index (Phi) is 5.94. The third-order valence-electron chi connectivity index (χ3n) is 2.53. The Hall–Kier alpha value is -1.13. The quantitative estimate of drug-likeness (QED) is 0.577. The molecule has 0 spiro atoms. The molecule has 0 saturated carbocycles. The van der Waals surface area contributed by atoms with Crippen molar-refractivity contribution in [3.05, 3.63) is 29.3 Å². The lowest BCUT2D eigenvalue weighted by atomic mass is 10.1. The molecule has 4 heteroatoms. The summed E-state index contributed by atoms with van der Waals surface area (Å²) >= 11 is 4.94. The molecule has 3 nitrogen and oxygen atoms in total. The van der Waals surface area contributed by atoms with Crippen molar-refractivity contribution in [3.8, 4) is 5.75 Å². The van der Waals surface area contributed by atoms with Crippen molar-refractivity contribution in [2.45, 2.75) is 26.2 Å². The fraction of sp³-hybridized carbons (Fsp3) is 0.462. The van der Waals surface area contributed by atoms with E-state index in [1.54, 1.807) is 0 Å². The minimum atomic E-state index is 0.252. The minimum absolute atomic E-state index is 0.252. The van der Waals surface area contributed by atoms with Crippen molar-refractivity contribution >= 4 is 17.2 Å². The molecule has 1 aromatic rings. The van der Waals surface area contributed by atoms with E-state index in [0.717, 1.165) is 36.1 Å². The molecule has 0 fully saturated rings. The first-order valence-corrected chi connectivity index (χ1v) is 6.20. The Morgan fingerprint density at radius 2 is 2.12 bits per heavy atom. The van der Waals surface area contributed by atoms with Gasteiger partial charge in [0.1, 0.15) is 10.7 Å². The van der Waals surface area contributed by atoms with Gasteiger partial charge in [-0.15, -0.1) is 0 Å². The first-order valence-electron chi connectivity index (χ1n) is 5.79. The Balaban J connectivity index is 2.45. The summed E-state index contributed by atoms with van der Waals surface area (Å²) in [5.41, 5.74) is 7.52. The molecule has 0 heterocycles. The fourth-order valence-electron chi connectivity index (χ4n) is 1.58. The van der Waals surface area contributed by atoms with Gasteiger partial charge in [0.25, 0.3) is 0 Å². The number of hydrogen-bond donors (Lipinski definition) is 2. The summed E-state index contributed by atoms with van der Waals surface area (Å²) in [5.74, 6) is 0.839. The number of aliphatic hydroxyl groups is 1. The van der Waals surface area contributed by atoms with Crippen LogP contribution in [0.4, 0.5) is 0 Å². The molecule has 0 saturated heterocycles. The Labute approximate surface area is 108 Å². The molecule has 0 atom stereocenters. The van der Waals surface area contributed by atoms with Crippen molar-refractivity contribution in [2.24, 2.45) is 5.73 Å². The van der Waals surface area contributed by atoms with E-state index < -0.39 is 0 Å². The summed E-state index contributed by atoms with van der Waals surface area (Å²) < 4.78 is 5.60. The van der Waals surface area contributed by atoms with Crippen LogP contribution in [-0.2, 0) is 0 Å². The van der Waals surface area contributed by atoms with Gasteiger partial charge in [0.15, 0.2) is 0 Å². The smallest absolute Gasteiger partial charge is 0.119 e. The van der Waals surface area contributed by atoms with Crippen LogP contribution in [-0.4, -0.2) is 23.3 Å². The topological polar surface area (TPSA) is 55.5 Å². The molecule has 17 heavy (non-hydrogen) atoms. The highest BCUT2D eigenvalue weighted by Gasteiger charge is 2.03. The monoisotopic (exact) mass is 253 g/mol. The van der Waals surface area contributed by atoms with Crippen LogP contribution >= 0.6 is 12.2 Å². The number of unbranched alkanes of at least 4 members (excludes halogenated alkanes) is 2. The molecule has 94 valence electrons. The normalized spacial score (nSPS) is 10.2. The summed E-state index contributed by atoms with van der Waals surface area (Å²) in [6.07, 6.45) is 2.78. The third kappa shape index (κ3) is 4.71. The highest BCUT2D eigenvalue weighted by molar-refractivity contribution is 7.80. The first-order chi connectivity index (χ1) is 8.15. The first kappa shape index (κ1) is 13.9. The zero-order valence-corrected chi connectivity index (χ0v) is 10.9. The number of rotatable bonds is 7. The van der Waals surface area contributed by atoms with Crippen LogP contribution in [0.2, 0.25) is 0 Å². The van der Waals surface area contributed by atoms with E-state index in [1.807, 2.05) is 25.1 Å². The van der Waals surface area contributed by atoms with Crippen molar-refractivity contribution in [3.63, 3.8) is 0 Å². The Morgan fingerprint density at radius 1 is 1.35 bits per heavy atom. The van der Waals surface area contributed by atoms with Crippen LogP contribution in [0.1, 0.15) is 30.4 Å². The van der Waals surface area contributed by atoms with Gasteiger partial charge in [-0.2, -0.15) is 0 Å². The van der Waals surface area contributed by atoms with Gasteiger partial charge < -0.3 is 15.6 Å². The molecule has 0 aliphatic heterocycles. The average Bonchev–Trinajstić information content (AvgIpc) is 2.28. The van der Waals surface area contributed by atoms with Gasteiger partial charge >= 0.3 is 0 Å². The van der Waals surface area contributed by atoms with Crippen molar-refractivity contribution in [2.75, 3.05) is 13.2 Å². The number of benzene rings is 1. The van der Waals surface area contributed by atoms with Gasteiger partial charge in [-0.1, -0.05) is 12.2 Å². The van der Waals surface area contributed by atoms with E-state index in [2.05, 4.69) is 0 Å². The van der Waals surface area contributed by atoms with E-state index in [-0.39, 0.29) is 6.61 Å². The maximum absolute atomic E-state index is 8.64. The second-order valence-corrected chi connectivity index (χ2v) is 4.41. The maximum Gasteiger partial charge on any atom is 0.119 e. The van der Waals surface area contributed by atoms with Crippen LogP contribution in [0.25, 0.3) is 0 Å². The van der Waals surface area contributed by atoms with Gasteiger partial charge in [-0.3, -0.25) is 0 Å². The van der Waals surface area contributed by atoms with E-state index in [1.165, 1.54) is 0 Å². The highest BCUT2D eigenvalue weighted by Crippen LogP contribution is 2.17. The zero-order chi connectivity index (χ0) is 12.7. The maximum atomic E-state index is 8.64. The molecule has 0 aliphatic rings. The van der Waals surface area contributed by atoms with Gasteiger partial charge in [-0.25, -0.2) is 0 Å². The van der Waals surface area contributed by atoms with Crippen LogP contribution in [0.5, 0.6) is 5.75 Å². The van der Waals surface area contributed by atoms with Crippen molar-refractivity contribution in [1.82, 2.24) is 0 Å². The molecule has 1 aromatic carbocycles. The van der Waals surface area contributed by atoms with Crippen molar-refractivity contribution < 1.29 is 9.84 Å². The fourth-order valence-corrected chi connectivity index (χ4v) is 1.81. The molecule has 0 bridgehead atoms. The molecular weight excluding hydrogens is 234 g/mol. The molecule has 0 amide bonds. The molecule has 3 N–H and O–H groups in total. The minimum Gasteiger partial charge on any atom is -0.494 e. The van der Waals surface area contributed by atoms with Gasteiger partial charge in [-0.05, 0) is 49.9 Å². The van der Waals surface area contributed by atoms with Gasteiger partial charge in [0.05, 0.1) is 6.61 Å². The van der Waals surface area contributed by atoms with Crippen LogP contribution in [0.15, 0.2) is 18.2 Å². The lowest BCUT2D eigenvalue weighted by Gasteiger charge is -2.09. The summed E-state index contributed by atoms with van der Waals surface area (Å²) in [5, 5.41) is 8.64. The summed E-state index contributed by atoms with van der Waals surface area (Å²) in [4.78, 5) is 0.414. The third-order valence-corrected chi connectivity index (χ3v) is 2.75. The number of thiocarbonyl (C=S) groups is 1. The van der Waals surface area contributed by atoms with Crippen LogP contribution < -0.4 is 10.5 Å². The van der Waals surface area contributed by atoms with Crippen molar-refractivity contribution in [1.29, 1.82) is 0 Å². The average molecular weight is 253 g/mol. The molecule has 0 aliphatic carbocycles. The van der Waals surface area contributed by atoms with Gasteiger partial charge in [0.2, 0.25) is 0 Å². The largest absolute Gasteiger partial charge is 0.494 e. The Morgan fingerprint density at radius 3 is 2.71 bits per heavy atom.